The zero-order valence-electron chi connectivity index (χ0n) is 13.6. The second-order valence-electron chi connectivity index (χ2n) is 5.78. The first-order valence-corrected chi connectivity index (χ1v) is 7.84. The molecular formula is C16H18ClN3O4. The predicted molar refractivity (Wildman–Crippen MR) is 87.1 cm³/mol. The van der Waals surface area contributed by atoms with E-state index in [2.05, 4.69) is 5.32 Å². The van der Waals surface area contributed by atoms with Crippen molar-refractivity contribution < 1.29 is 19.2 Å². The smallest absolute Gasteiger partial charge is 0.334 e. The molecule has 1 aromatic rings. The third kappa shape index (κ3) is 3.56. The molecule has 1 atom stereocenters. The monoisotopic (exact) mass is 351 g/mol. The Morgan fingerprint density at radius 3 is 2.17 bits per heavy atom. The first kappa shape index (κ1) is 17.9. The summed E-state index contributed by atoms with van der Waals surface area (Å²) < 4.78 is 0. The van der Waals surface area contributed by atoms with E-state index in [1.807, 2.05) is 0 Å². The van der Waals surface area contributed by atoms with Gasteiger partial charge in [-0.2, -0.15) is 0 Å². The summed E-state index contributed by atoms with van der Waals surface area (Å²) >= 11 is 5.81. The van der Waals surface area contributed by atoms with Crippen molar-refractivity contribution >= 4 is 35.4 Å². The highest BCUT2D eigenvalue weighted by Crippen LogP contribution is 2.17. The van der Waals surface area contributed by atoms with Gasteiger partial charge in [0.05, 0.1) is 6.04 Å². The Morgan fingerprint density at radius 1 is 1.08 bits per heavy atom. The number of benzene rings is 1. The molecule has 128 valence electrons. The zero-order valence-corrected chi connectivity index (χ0v) is 14.3. The molecule has 1 N–H and O–H groups in total. The Kier molecular flexibility index (Phi) is 5.23. The molecule has 2 rings (SSSR count). The van der Waals surface area contributed by atoms with Crippen LogP contribution in [0.25, 0.3) is 0 Å². The molecule has 7 nitrogen and oxygen atoms in total. The third-order valence-electron chi connectivity index (χ3n) is 3.65. The van der Waals surface area contributed by atoms with Crippen LogP contribution in [-0.2, 0) is 14.4 Å². The van der Waals surface area contributed by atoms with Crippen molar-refractivity contribution in [3.8, 4) is 0 Å². The number of nitrogens with zero attached hydrogens (tertiary/aromatic N) is 2. The summed E-state index contributed by atoms with van der Waals surface area (Å²) in [7, 11) is 0. The maximum atomic E-state index is 12.1. The fourth-order valence-electron chi connectivity index (χ4n) is 2.38. The largest absolute Gasteiger partial charge is 0.348 e. The van der Waals surface area contributed by atoms with Crippen LogP contribution in [0.5, 0.6) is 0 Å². The fourth-order valence-corrected chi connectivity index (χ4v) is 2.51. The average Bonchev–Trinajstić information content (AvgIpc) is 2.71. The molecule has 8 heteroatoms. The van der Waals surface area contributed by atoms with Crippen LogP contribution in [0.1, 0.15) is 32.4 Å². The van der Waals surface area contributed by atoms with Crippen LogP contribution < -0.4 is 5.32 Å². The van der Waals surface area contributed by atoms with Crippen LogP contribution in [-0.4, -0.2) is 46.1 Å². The van der Waals surface area contributed by atoms with Gasteiger partial charge in [-0.05, 0) is 38.5 Å². The van der Waals surface area contributed by atoms with Crippen LogP contribution in [0, 0.1) is 0 Å². The number of urea groups is 1. The minimum absolute atomic E-state index is 0.334. The van der Waals surface area contributed by atoms with Crippen molar-refractivity contribution in [2.45, 2.75) is 32.9 Å². The maximum absolute atomic E-state index is 12.1. The van der Waals surface area contributed by atoms with Crippen LogP contribution in [0.3, 0.4) is 0 Å². The minimum atomic E-state index is -0.983. The zero-order chi connectivity index (χ0) is 18.0. The molecule has 1 fully saturated rings. The van der Waals surface area contributed by atoms with Gasteiger partial charge in [0, 0.05) is 11.1 Å². The molecule has 1 aliphatic rings. The molecule has 0 aliphatic carbocycles. The lowest BCUT2D eigenvalue weighted by atomic mass is 10.1. The quantitative estimate of drug-likeness (QED) is 0.646. The molecule has 1 saturated heterocycles. The Morgan fingerprint density at radius 2 is 1.67 bits per heavy atom. The summed E-state index contributed by atoms with van der Waals surface area (Å²) in [5, 5.41) is 3.27. The van der Waals surface area contributed by atoms with Gasteiger partial charge in [-0.1, -0.05) is 23.7 Å². The molecule has 0 bridgehead atoms. The molecule has 0 spiro atoms. The van der Waals surface area contributed by atoms with Gasteiger partial charge in [-0.3, -0.25) is 19.3 Å². The molecule has 0 radical (unpaired) electrons. The van der Waals surface area contributed by atoms with Gasteiger partial charge in [-0.25, -0.2) is 9.69 Å². The lowest BCUT2D eigenvalue weighted by Crippen LogP contribution is -2.43. The number of hydrogen-bond acceptors (Lipinski definition) is 4. The van der Waals surface area contributed by atoms with Crippen molar-refractivity contribution in [3.05, 3.63) is 34.9 Å². The SMILES string of the molecule is CC(C)N1C(=O)C(=O)N(CC(=O)N[C@@H](C)c2ccc(Cl)cc2)C1=O. The molecule has 0 aromatic heterocycles. The molecule has 24 heavy (non-hydrogen) atoms. The number of carbonyl (C=O) groups excluding carboxylic acids is 4. The van der Waals surface area contributed by atoms with E-state index in [0.717, 1.165) is 10.5 Å². The van der Waals surface area contributed by atoms with E-state index in [-0.39, 0.29) is 6.04 Å². The van der Waals surface area contributed by atoms with Crippen molar-refractivity contribution in [3.63, 3.8) is 0 Å². The van der Waals surface area contributed by atoms with Gasteiger partial charge >= 0.3 is 17.8 Å². The molecule has 1 aromatic carbocycles. The topological polar surface area (TPSA) is 86.8 Å². The van der Waals surface area contributed by atoms with Gasteiger partial charge in [0.15, 0.2) is 0 Å². The van der Waals surface area contributed by atoms with Gasteiger partial charge in [0.25, 0.3) is 0 Å². The number of rotatable bonds is 5. The highest BCUT2D eigenvalue weighted by molar-refractivity contribution is 6.45. The van der Waals surface area contributed by atoms with E-state index in [0.29, 0.717) is 9.92 Å². The number of imide groups is 2. The minimum Gasteiger partial charge on any atom is -0.348 e. The molecule has 1 aliphatic heterocycles. The van der Waals surface area contributed by atoms with Crippen molar-refractivity contribution in [2.75, 3.05) is 6.54 Å². The van der Waals surface area contributed by atoms with E-state index >= 15 is 0 Å². The molecular weight excluding hydrogens is 334 g/mol. The summed E-state index contributed by atoms with van der Waals surface area (Å²) in [6.45, 7) is 4.51. The summed E-state index contributed by atoms with van der Waals surface area (Å²) in [6, 6.07) is 5.38. The Balaban J connectivity index is 2.02. The maximum Gasteiger partial charge on any atom is 0.334 e. The second-order valence-corrected chi connectivity index (χ2v) is 6.22. The van der Waals surface area contributed by atoms with E-state index < -0.39 is 36.3 Å². The van der Waals surface area contributed by atoms with E-state index in [4.69, 9.17) is 11.6 Å². The number of hydrogen-bond donors (Lipinski definition) is 1. The molecule has 1 heterocycles. The van der Waals surface area contributed by atoms with E-state index in [1.165, 1.54) is 0 Å². The van der Waals surface area contributed by atoms with Crippen molar-refractivity contribution in [1.82, 2.24) is 15.1 Å². The lowest BCUT2D eigenvalue weighted by molar-refractivity contribution is -0.144. The molecule has 0 unspecified atom stereocenters. The normalized spacial score (nSPS) is 16.1. The van der Waals surface area contributed by atoms with Crippen LogP contribution in [0.4, 0.5) is 4.79 Å². The van der Waals surface area contributed by atoms with Crippen LogP contribution in [0.2, 0.25) is 5.02 Å². The van der Waals surface area contributed by atoms with Crippen LogP contribution >= 0.6 is 11.6 Å². The highest BCUT2D eigenvalue weighted by atomic mass is 35.5. The first-order chi connectivity index (χ1) is 11.2. The van der Waals surface area contributed by atoms with Crippen molar-refractivity contribution in [2.24, 2.45) is 0 Å². The summed E-state index contributed by atoms with van der Waals surface area (Å²) in [4.78, 5) is 49.4. The lowest BCUT2D eigenvalue weighted by Gasteiger charge is -2.19. The predicted octanol–water partition coefficient (Wildman–Crippen LogP) is 1.72. The van der Waals surface area contributed by atoms with Gasteiger partial charge in [-0.15, -0.1) is 0 Å². The summed E-state index contributed by atoms with van der Waals surface area (Å²) in [5.74, 6) is -2.42. The van der Waals surface area contributed by atoms with Gasteiger partial charge in [0.1, 0.15) is 6.54 Å². The fraction of sp³-hybridized carbons (Fsp3) is 0.375. The second kappa shape index (κ2) is 7.00. The number of carbonyl (C=O) groups is 4. The van der Waals surface area contributed by atoms with Crippen molar-refractivity contribution in [1.29, 1.82) is 0 Å². The number of nitrogens with one attached hydrogen (secondary N) is 1. The Hall–Kier alpha value is -2.41. The summed E-state index contributed by atoms with van der Waals surface area (Å²) in [6.07, 6.45) is 0. The van der Waals surface area contributed by atoms with Gasteiger partial charge < -0.3 is 5.32 Å². The first-order valence-electron chi connectivity index (χ1n) is 7.46. The summed E-state index contributed by atoms with van der Waals surface area (Å²) in [5.41, 5.74) is 0.826. The Bertz CT molecular complexity index is 687. The third-order valence-corrected chi connectivity index (χ3v) is 3.90. The number of halogens is 1. The standard InChI is InChI=1S/C16H18ClN3O4/c1-9(2)20-15(23)14(22)19(16(20)24)8-13(21)18-10(3)11-4-6-12(17)7-5-11/h4-7,9-10H,8H2,1-3H3,(H,18,21)/t10-/m0/s1. The Labute approximate surface area is 144 Å². The average molecular weight is 352 g/mol. The van der Waals surface area contributed by atoms with Crippen LogP contribution in [0.15, 0.2) is 24.3 Å². The van der Waals surface area contributed by atoms with E-state index in [1.54, 1.807) is 45.0 Å². The van der Waals surface area contributed by atoms with Gasteiger partial charge in [0.2, 0.25) is 5.91 Å². The highest BCUT2D eigenvalue weighted by Gasteiger charge is 2.46. The number of amides is 5. The molecule has 0 saturated carbocycles. The van der Waals surface area contributed by atoms with E-state index in [9.17, 15) is 19.2 Å². The molecule has 5 amide bonds.